The van der Waals surface area contributed by atoms with E-state index in [4.69, 9.17) is 4.74 Å². The van der Waals surface area contributed by atoms with E-state index in [1.807, 2.05) is 55.5 Å². The second kappa shape index (κ2) is 7.32. The lowest BCUT2D eigenvalue weighted by Gasteiger charge is -2.21. The van der Waals surface area contributed by atoms with E-state index in [2.05, 4.69) is 5.32 Å². The van der Waals surface area contributed by atoms with Crippen LogP contribution >= 0.6 is 0 Å². The number of benzene rings is 2. The van der Waals surface area contributed by atoms with Crippen molar-refractivity contribution in [3.05, 3.63) is 54.1 Å². The third-order valence-corrected chi connectivity index (χ3v) is 4.37. The van der Waals surface area contributed by atoms with Gasteiger partial charge in [0, 0.05) is 5.92 Å². The van der Waals surface area contributed by atoms with Gasteiger partial charge in [0.2, 0.25) is 5.91 Å². The number of nitrogens with one attached hydrogen (secondary N) is 1. The zero-order chi connectivity index (χ0) is 16.1. The van der Waals surface area contributed by atoms with Crippen LogP contribution in [0.5, 0.6) is 11.5 Å². The predicted octanol–water partition coefficient (Wildman–Crippen LogP) is 5.31. The number of amides is 1. The molecule has 0 heterocycles. The van der Waals surface area contributed by atoms with Crippen molar-refractivity contribution in [2.75, 3.05) is 5.32 Å². The van der Waals surface area contributed by atoms with Crippen LogP contribution in [0.25, 0.3) is 0 Å². The van der Waals surface area contributed by atoms with Gasteiger partial charge in [-0.3, -0.25) is 4.79 Å². The van der Waals surface area contributed by atoms with Crippen molar-refractivity contribution in [3.63, 3.8) is 0 Å². The number of ether oxygens (including phenoxy) is 1. The molecule has 0 radical (unpaired) electrons. The smallest absolute Gasteiger partial charge is 0.227 e. The average Bonchev–Trinajstić information content (AvgIpc) is 2.59. The molecule has 1 N–H and O–H groups in total. The first-order valence-corrected chi connectivity index (χ1v) is 8.37. The molecule has 3 rings (SSSR count). The Morgan fingerprint density at radius 3 is 2.43 bits per heavy atom. The Kier molecular flexibility index (Phi) is 4.96. The lowest BCUT2D eigenvalue weighted by atomic mass is 9.88. The Labute approximate surface area is 137 Å². The van der Waals surface area contributed by atoms with Gasteiger partial charge in [0.25, 0.3) is 0 Å². The summed E-state index contributed by atoms with van der Waals surface area (Å²) in [6.07, 6.45) is 5.54. The van der Waals surface area contributed by atoms with Crippen LogP contribution in [0, 0.1) is 12.8 Å². The summed E-state index contributed by atoms with van der Waals surface area (Å²) in [5.41, 5.74) is 1.93. The van der Waals surface area contributed by atoms with E-state index in [-0.39, 0.29) is 11.8 Å². The van der Waals surface area contributed by atoms with Gasteiger partial charge in [-0.1, -0.05) is 49.1 Å². The highest BCUT2D eigenvalue weighted by molar-refractivity contribution is 5.94. The number of carbonyl (C=O) groups is 1. The van der Waals surface area contributed by atoms with E-state index in [9.17, 15) is 4.79 Å². The van der Waals surface area contributed by atoms with Crippen molar-refractivity contribution in [1.29, 1.82) is 0 Å². The topological polar surface area (TPSA) is 38.3 Å². The van der Waals surface area contributed by atoms with Gasteiger partial charge < -0.3 is 10.1 Å². The fraction of sp³-hybridized carbons (Fsp3) is 0.350. The summed E-state index contributed by atoms with van der Waals surface area (Å²) in [6, 6.07) is 15.5. The standard InChI is InChI=1S/C20H23NO2/c1-15-11-13-17(14-12-15)23-19-10-6-5-9-18(19)21-20(22)16-7-3-2-4-8-16/h5-6,9-14,16H,2-4,7-8H2,1H3,(H,21,22). The summed E-state index contributed by atoms with van der Waals surface area (Å²) in [6.45, 7) is 2.04. The molecular weight excluding hydrogens is 286 g/mol. The third-order valence-electron chi connectivity index (χ3n) is 4.37. The molecule has 0 unspecified atom stereocenters. The van der Waals surface area contributed by atoms with E-state index in [1.54, 1.807) is 0 Å². The van der Waals surface area contributed by atoms with Gasteiger partial charge >= 0.3 is 0 Å². The van der Waals surface area contributed by atoms with Crippen molar-refractivity contribution in [3.8, 4) is 11.5 Å². The molecule has 3 nitrogen and oxygen atoms in total. The molecule has 1 aliphatic carbocycles. The number of hydrogen-bond donors (Lipinski definition) is 1. The van der Waals surface area contributed by atoms with Crippen molar-refractivity contribution in [1.82, 2.24) is 0 Å². The molecular formula is C20H23NO2. The molecule has 2 aromatic rings. The monoisotopic (exact) mass is 309 g/mol. The van der Waals surface area contributed by atoms with Crippen LogP contribution in [-0.4, -0.2) is 5.91 Å². The van der Waals surface area contributed by atoms with Crippen molar-refractivity contribution in [2.24, 2.45) is 5.92 Å². The number of aryl methyl sites for hydroxylation is 1. The van der Waals surface area contributed by atoms with Gasteiger partial charge in [-0.25, -0.2) is 0 Å². The fourth-order valence-electron chi connectivity index (χ4n) is 2.99. The van der Waals surface area contributed by atoms with E-state index >= 15 is 0 Å². The molecule has 0 bridgehead atoms. The van der Waals surface area contributed by atoms with Gasteiger partial charge in [-0.2, -0.15) is 0 Å². The first-order valence-electron chi connectivity index (χ1n) is 8.37. The molecule has 1 aliphatic rings. The molecule has 1 saturated carbocycles. The summed E-state index contributed by atoms with van der Waals surface area (Å²) in [4.78, 5) is 12.5. The molecule has 3 heteroatoms. The van der Waals surface area contributed by atoms with Crippen molar-refractivity contribution < 1.29 is 9.53 Å². The summed E-state index contributed by atoms with van der Waals surface area (Å²) in [5.74, 6) is 1.70. The second-order valence-corrected chi connectivity index (χ2v) is 6.24. The van der Waals surface area contributed by atoms with Crippen LogP contribution in [-0.2, 0) is 4.79 Å². The number of rotatable bonds is 4. The minimum Gasteiger partial charge on any atom is -0.455 e. The van der Waals surface area contributed by atoms with E-state index < -0.39 is 0 Å². The molecule has 23 heavy (non-hydrogen) atoms. The Morgan fingerprint density at radius 1 is 1.00 bits per heavy atom. The van der Waals surface area contributed by atoms with Crippen molar-refractivity contribution >= 4 is 11.6 Å². The van der Waals surface area contributed by atoms with Crippen LogP contribution in [0.2, 0.25) is 0 Å². The predicted molar refractivity (Wildman–Crippen MR) is 92.9 cm³/mol. The maximum Gasteiger partial charge on any atom is 0.227 e. The summed E-state index contributed by atoms with van der Waals surface area (Å²) in [5, 5.41) is 3.05. The molecule has 0 aliphatic heterocycles. The maximum absolute atomic E-state index is 12.5. The number of para-hydroxylation sites is 2. The summed E-state index contributed by atoms with van der Waals surface area (Å²) in [7, 11) is 0. The molecule has 0 aromatic heterocycles. The molecule has 0 saturated heterocycles. The number of anilines is 1. The van der Waals surface area contributed by atoms with Gasteiger partial charge in [-0.15, -0.1) is 0 Å². The quantitative estimate of drug-likeness (QED) is 0.831. The third kappa shape index (κ3) is 4.13. The Morgan fingerprint density at radius 2 is 1.70 bits per heavy atom. The molecule has 1 amide bonds. The highest BCUT2D eigenvalue weighted by Crippen LogP contribution is 2.31. The molecule has 0 spiro atoms. The highest BCUT2D eigenvalue weighted by atomic mass is 16.5. The first-order chi connectivity index (χ1) is 11.2. The summed E-state index contributed by atoms with van der Waals surface area (Å²) >= 11 is 0. The maximum atomic E-state index is 12.5. The minimum atomic E-state index is 0.115. The van der Waals surface area contributed by atoms with Crippen LogP contribution in [0.15, 0.2) is 48.5 Å². The number of carbonyl (C=O) groups excluding carboxylic acids is 1. The Bertz CT molecular complexity index is 658. The van der Waals surface area contributed by atoms with Gasteiger partial charge in [0.15, 0.2) is 5.75 Å². The summed E-state index contributed by atoms with van der Waals surface area (Å²) < 4.78 is 5.94. The molecule has 1 fully saturated rings. The van der Waals surface area contributed by atoms with E-state index in [1.165, 1.54) is 12.0 Å². The zero-order valence-electron chi connectivity index (χ0n) is 13.5. The normalized spacial score (nSPS) is 15.2. The van der Waals surface area contributed by atoms with Crippen molar-refractivity contribution in [2.45, 2.75) is 39.0 Å². The highest BCUT2D eigenvalue weighted by Gasteiger charge is 2.21. The van der Waals surface area contributed by atoms with Crippen LogP contribution in [0.4, 0.5) is 5.69 Å². The Hall–Kier alpha value is -2.29. The van der Waals surface area contributed by atoms with Crippen LogP contribution in [0.3, 0.4) is 0 Å². The SMILES string of the molecule is Cc1ccc(Oc2ccccc2NC(=O)C2CCCCC2)cc1. The first kappa shape index (κ1) is 15.6. The molecule has 120 valence electrons. The fourth-order valence-corrected chi connectivity index (χ4v) is 2.99. The largest absolute Gasteiger partial charge is 0.455 e. The van der Waals surface area contributed by atoms with Crippen LogP contribution in [0.1, 0.15) is 37.7 Å². The lowest BCUT2D eigenvalue weighted by Crippen LogP contribution is -2.24. The lowest BCUT2D eigenvalue weighted by molar-refractivity contribution is -0.120. The van der Waals surface area contributed by atoms with Gasteiger partial charge in [0.05, 0.1) is 5.69 Å². The van der Waals surface area contributed by atoms with Gasteiger partial charge in [-0.05, 0) is 44.0 Å². The molecule has 2 aromatic carbocycles. The number of hydrogen-bond acceptors (Lipinski definition) is 2. The van der Waals surface area contributed by atoms with E-state index in [0.717, 1.165) is 37.1 Å². The molecule has 0 atom stereocenters. The van der Waals surface area contributed by atoms with Gasteiger partial charge in [0.1, 0.15) is 5.75 Å². The van der Waals surface area contributed by atoms with E-state index in [0.29, 0.717) is 5.75 Å². The Balaban J connectivity index is 1.72. The average molecular weight is 309 g/mol. The van der Waals surface area contributed by atoms with Crippen LogP contribution < -0.4 is 10.1 Å². The second-order valence-electron chi connectivity index (χ2n) is 6.24. The zero-order valence-corrected chi connectivity index (χ0v) is 13.5. The minimum absolute atomic E-state index is 0.115.